The normalized spacial score (nSPS) is 10.5. The fraction of sp³-hybridized carbons (Fsp3) is 0.500. The molecule has 0 aliphatic rings. The molecule has 0 aliphatic carbocycles. The van der Waals surface area contributed by atoms with E-state index in [-0.39, 0.29) is 24.9 Å². The molecule has 5 heteroatoms. The Balaban J connectivity index is 2.44. The van der Waals surface area contributed by atoms with Gasteiger partial charge in [0.05, 0.1) is 13.1 Å². The van der Waals surface area contributed by atoms with Crippen LogP contribution in [-0.4, -0.2) is 43.4 Å². The van der Waals surface area contributed by atoms with Crippen LogP contribution in [0, 0.1) is 13.8 Å². The zero-order chi connectivity index (χ0) is 15.8. The smallest absolute Gasteiger partial charge is 0.238 e. The number of nitrogens with zero attached hydrogens (tertiary/aromatic N) is 1. The van der Waals surface area contributed by atoms with Crippen molar-refractivity contribution in [2.75, 3.05) is 32.0 Å². The summed E-state index contributed by atoms with van der Waals surface area (Å²) < 4.78 is 0. The molecule has 1 aromatic rings. The van der Waals surface area contributed by atoms with Crippen molar-refractivity contribution < 1.29 is 9.59 Å². The summed E-state index contributed by atoms with van der Waals surface area (Å²) in [6.07, 6.45) is 0.905. The van der Waals surface area contributed by atoms with Gasteiger partial charge >= 0.3 is 0 Å². The minimum Gasteiger partial charge on any atom is -0.355 e. The van der Waals surface area contributed by atoms with E-state index in [1.54, 1.807) is 11.9 Å². The number of carbonyl (C=O) groups is 2. The topological polar surface area (TPSA) is 61.4 Å². The van der Waals surface area contributed by atoms with E-state index in [0.29, 0.717) is 6.54 Å². The largest absolute Gasteiger partial charge is 0.355 e. The molecule has 0 saturated heterocycles. The summed E-state index contributed by atoms with van der Waals surface area (Å²) in [6.45, 7) is 7.06. The van der Waals surface area contributed by atoms with Crippen LogP contribution in [0.1, 0.15) is 24.5 Å². The van der Waals surface area contributed by atoms with Gasteiger partial charge in [0.15, 0.2) is 0 Å². The predicted octanol–water partition coefficient (Wildman–Crippen LogP) is 1.70. The van der Waals surface area contributed by atoms with E-state index in [1.165, 1.54) is 0 Å². The van der Waals surface area contributed by atoms with Gasteiger partial charge in [-0.15, -0.1) is 0 Å². The molecule has 2 N–H and O–H groups in total. The third-order valence-electron chi connectivity index (χ3n) is 2.90. The Morgan fingerprint density at radius 1 is 1.05 bits per heavy atom. The van der Waals surface area contributed by atoms with E-state index in [4.69, 9.17) is 0 Å². The minimum atomic E-state index is -0.120. The van der Waals surface area contributed by atoms with Crippen LogP contribution in [0.2, 0.25) is 0 Å². The third-order valence-corrected chi connectivity index (χ3v) is 2.90. The summed E-state index contributed by atoms with van der Waals surface area (Å²) in [5.41, 5.74) is 3.01. The first-order valence-corrected chi connectivity index (χ1v) is 7.24. The molecule has 0 heterocycles. The van der Waals surface area contributed by atoms with Crippen LogP contribution in [0.25, 0.3) is 0 Å². The van der Waals surface area contributed by atoms with Gasteiger partial charge in [-0.3, -0.25) is 14.5 Å². The molecule has 0 radical (unpaired) electrons. The van der Waals surface area contributed by atoms with Gasteiger partial charge < -0.3 is 10.6 Å². The van der Waals surface area contributed by atoms with Gasteiger partial charge in [-0.2, -0.15) is 0 Å². The van der Waals surface area contributed by atoms with E-state index in [0.717, 1.165) is 23.2 Å². The van der Waals surface area contributed by atoms with Gasteiger partial charge in [0.25, 0.3) is 0 Å². The van der Waals surface area contributed by atoms with Gasteiger partial charge in [0.1, 0.15) is 0 Å². The molecule has 0 atom stereocenters. The summed E-state index contributed by atoms with van der Waals surface area (Å²) in [6, 6.07) is 5.91. The van der Waals surface area contributed by atoms with E-state index >= 15 is 0 Å². The second-order valence-corrected chi connectivity index (χ2v) is 5.45. The lowest BCUT2D eigenvalue weighted by atomic mass is 10.1. The molecule has 0 spiro atoms. The maximum absolute atomic E-state index is 12.0. The van der Waals surface area contributed by atoms with Crippen LogP contribution in [0.3, 0.4) is 0 Å². The second kappa shape index (κ2) is 8.42. The Bertz CT molecular complexity index is 480. The van der Waals surface area contributed by atoms with Crippen LogP contribution in [0.15, 0.2) is 18.2 Å². The van der Waals surface area contributed by atoms with Crippen molar-refractivity contribution in [2.24, 2.45) is 0 Å². The predicted molar refractivity (Wildman–Crippen MR) is 85.3 cm³/mol. The first-order valence-electron chi connectivity index (χ1n) is 7.24. The summed E-state index contributed by atoms with van der Waals surface area (Å²) in [5, 5.41) is 5.65. The Hall–Kier alpha value is -1.88. The van der Waals surface area contributed by atoms with Crippen LogP contribution in [-0.2, 0) is 9.59 Å². The monoisotopic (exact) mass is 291 g/mol. The zero-order valence-electron chi connectivity index (χ0n) is 13.3. The maximum Gasteiger partial charge on any atom is 0.238 e. The van der Waals surface area contributed by atoms with Gasteiger partial charge in [0, 0.05) is 12.2 Å². The molecule has 2 amide bonds. The third kappa shape index (κ3) is 6.90. The molecule has 0 aliphatic heterocycles. The number of carbonyl (C=O) groups excluding carboxylic acids is 2. The summed E-state index contributed by atoms with van der Waals surface area (Å²) in [7, 11) is 1.76. The lowest BCUT2D eigenvalue weighted by Gasteiger charge is -2.16. The van der Waals surface area contributed by atoms with Crippen molar-refractivity contribution in [3.63, 3.8) is 0 Å². The number of anilines is 1. The molecule has 0 bridgehead atoms. The minimum absolute atomic E-state index is 0.0569. The maximum atomic E-state index is 12.0. The molecule has 116 valence electrons. The molecule has 5 nitrogen and oxygen atoms in total. The summed E-state index contributed by atoms with van der Waals surface area (Å²) >= 11 is 0. The Morgan fingerprint density at radius 2 is 1.62 bits per heavy atom. The highest BCUT2D eigenvalue weighted by molar-refractivity contribution is 5.92. The molecule has 0 aromatic heterocycles. The van der Waals surface area contributed by atoms with Crippen molar-refractivity contribution in [1.82, 2.24) is 10.2 Å². The van der Waals surface area contributed by atoms with Gasteiger partial charge in [0.2, 0.25) is 11.8 Å². The SMILES string of the molecule is CCCNC(=O)CN(C)CC(=O)Nc1cc(C)cc(C)c1. The number of benzene rings is 1. The van der Waals surface area contributed by atoms with Crippen molar-refractivity contribution in [3.05, 3.63) is 29.3 Å². The molecule has 21 heavy (non-hydrogen) atoms. The number of nitrogens with one attached hydrogen (secondary N) is 2. The lowest BCUT2D eigenvalue weighted by molar-refractivity contribution is -0.122. The Morgan fingerprint density at radius 3 is 2.19 bits per heavy atom. The average Bonchev–Trinajstić information content (AvgIpc) is 2.34. The van der Waals surface area contributed by atoms with Gasteiger partial charge in [-0.05, 0) is 50.6 Å². The Kier molecular flexibility index (Phi) is 6.88. The van der Waals surface area contributed by atoms with Crippen molar-refractivity contribution in [3.8, 4) is 0 Å². The fourth-order valence-corrected chi connectivity index (χ4v) is 2.11. The van der Waals surface area contributed by atoms with Gasteiger partial charge in [-0.1, -0.05) is 13.0 Å². The van der Waals surface area contributed by atoms with E-state index in [1.807, 2.05) is 32.9 Å². The second-order valence-electron chi connectivity index (χ2n) is 5.45. The van der Waals surface area contributed by atoms with Crippen LogP contribution >= 0.6 is 0 Å². The van der Waals surface area contributed by atoms with Crippen molar-refractivity contribution in [1.29, 1.82) is 0 Å². The number of amides is 2. The molecular formula is C16H25N3O2. The fourth-order valence-electron chi connectivity index (χ4n) is 2.11. The standard InChI is InChI=1S/C16H25N3O2/c1-5-6-17-15(20)10-19(4)11-16(21)18-14-8-12(2)7-13(3)9-14/h7-9H,5-6,10-11H2,1-4H3,(H,17,20)(H,18,21). The first kappa shape index (κ1) is 17.2. The van der Waals surface area contributed by atoms with Crippen molar-refractivity contribution >= 4 is 17.5 Å². The number of hydrogen-bond donors (Lipinski definition) is 2. The van der Waals surface area contributed by atoms with Crippen molar-refractivity contribution in [2.45, 2.75) is 27.2 Å². The Labute approximate surface area is 126 Å². The van der Waals surface area contributed by atoms with Crippen LogP contribution < -0.4 is 10.6 Å². The summed E-state index contributed by atoms with van der Waals surface area (Å²) in [4.78, 5) is 25.2. The highest BCUT2D eigenvalue weighted by atomic mass is 16.2. The molecule has 0 fully saturated rings. The molecule has 1 rings (SSSR count). The first-order chi connectivity index (χ1) is 9.90. The van der Waals surface area contributed by atoms with Crippen LogP contribution in [0.5, 0.6) is 0 Å². The lowest BCUT2D eigenvalue weighted by Crippen LogP contribution is -2.39. The van der Waals surface area contributed by atoms with Gasteiger partial charge in [-0.25, -0.2) is 0 Å². The van der Waals surface area contributed by atoms with E-state index < -0.39 is 0 Å². The highest BCUT2D eigenvalue weighted by Crippen LogP contribution is 2.13. The number of aryl methyl sites for hydroxylation is 2. The average molecular weight is 291 g/mol. The molecular weight excluding hydrogens is 266 g/mol. The number of hydrogen-bond acceptors (Lipinski definition) is 3. The molecule has 0 unspecified atom stereocenters. The van der Waals surface area contributed by atoms with E-state index in [9.17, 15) is 9.59 Å². The summed E-state index contributed by atoms with van der Waals surface area (Å²) in [5.74, 6) is -0.177. The highest BCUT2D eigenvalue weighted by Gasteiger charge is 2.10. The zero-order valence-corrected chi connectivity index (χ0v) is 13.3. The number of rotatable bonds is 7. The molecule has 0 saturated carbocycles. The molecule has 1 aromatic carbocycles. The van der Waals surface area contributed by atoms with E-state index in [2.05, 4.69) is 16.7 Å². The number of likely N-dealkylation sites (N-methyl/N-ethyl adjacent to an activating group) is 1. The quantitative estimate of drug-likeness (QED) is 0.804. The van der Waals surface area contributed by atoms with Crippen LogP contribution in [0.4, 0.5) is 5.69 Å².